The van der Waals surface area contributed by atoms with Gasteiger partial charge in [0.05, 0.1) is 11.1 Å². The number of hydrogen-bond acceptors (Lipinski definition) is 6. The first-order valence-corrected chi connectivity index (χ1v) is 19.1. The molecule has 4 aliphatic carbocycles. The van der Waals surface area contributed by atoms with E-state index in [4.69, 9.17) is 4.84 Å². The fraction of sp³-hybridized carbons (Fsp3) is 0.641. The van der Waals surface area contributed by atoms with Crippen LogP contribution in [0.1, 0.15) is 105 Å². The summed E-state index contributed by atoms with van der Waals surface area (Å²) in [4.78, 5) is 34.5. The van der Waals surface area contributed by atoms with E-state index in [-0.39, 0.29) is 16.9 Å². The zero-order chi connectivity index (χ0) is 34.9. The number of aromatic nitrogens is 1. The fourth-order valence-electron chi connectivity index (χ4n) is 9.94. The van der Waals surface area contributed by atoms with Gasteiger partial charge in [-0.1, -0.05) is 33.2 Å². The number of benzene rings is 1. The van der Waals surface area contributed by atoms with Gasteiger partial charge in [-0.15, -0.1) is 0 Å². The number of carbonyl (C=O) groups excluding carboxylic acids is 1. The second-order valence-corrected chi connectivity index (χ2v) is 16.7. The minimum atomic E-state index is -0.508. The number of piperidine rings is 2. The summed E-state index contributed by atoms with van der Waals surface area (Å²) in [5.41, 5.74) is 3.82. The Bertz CT molecular complexity index is 1510. The number of amides is 1. The minimum absolute atomic E-state index is 0.0257. The van der Waals surface area contributed by atoms with Crippen LogP contribution in [0.4, 0.5) is 0 Å². The zero-order valence-corrected chi connectivity index (χ0v) is 31.2. The summed E-state index contributed by atoms with van der Waals surface area (Å²) < 4.78 is 1.84. The molecule has 4 saturated carbocycles. The number of carboxylic acid groups (broad SMARTS) is 1. The van der Waals surface area contributed by atoms with Crippen LogP contribution in [0.25, 0.3) is 0 Å². The molecule has 266 valence electrons. The molecular weight excluding hydrogens is 684 g/mol. The van der Waals surface area contributed by atoms with Gasteiger partial charge in [0.2, 0.25) is 5.69 Å². The van der Waals surface area contributed by atoms with E-state index in [1.165, 1.54) is 25.5 Å². The lowest BCUT2D eigenvalue weighted by molar-refractivity contribution is -0.612. The van der Waals surface area contributed by atoms with Crippen LogP contribution in [0.3, 0.4) is 0 Å². The molecule has 0 spiro atoms. The van der Waals surface area contributed by atoms with Crippen molar-refractivity contribution in [3.05, 3.63) is 68.6 Å². The Hall–Kier alpha value is -2.98. The van der Waals surface area contributed by atoms with E-state index < -0.39 is 5.97 Å². The van der Waals surface area contributed by atoms with E-state index in [1.54, 1.807) is 13.0 Å². The third-order valence-electron chi connectivity index (χ3n) is 12.5. The zero-order valence-electron chi connectivity index (χ0n) is 29.6. The summed E-state index contributed by atoms with van der Waals surface area (Å²) in [5.74, 6) is 2.09. The molecule has 0 radical (unpaired) electrons. The van der Waals surface area contributed by atoms with Crippen LogP contribution < -0.4 is 4.73 Å². The lowest BCUT2D eigenvalue weighted by atomic mass is 9.49. The summed E-state index contributed by atoms with van der Waals surface area (Å²) >= 11 is 3.52. The third kappa shape index (κ3) is 7.55. The van der Waals surface area contributed by atoms with Crippen LogP contribution in [-0.4, -0.2) is 70.8 Å². The van der Waals surface area contributed by atoms with Crippen molar-refractivity contribution in [1.82, 2.24) is 9.80 Å². The van der Waals surface area contributed by atoms with Gasteiger partial charge in [-0.05, 0) is 139 Å². The molecule has 2 saturated heterocycles. The van der Waals surface area contributed by atoms with Crippen LogP contribution in [0, 0.1) is 48.1 Å². The van der Waals surface area contributed by atoms with Gasteiger partial charge in [0, 0.05) is 42.0 Å². The van der Waals surface area contributed by atoms with Crippen molar-refractivity contribution >= 4 is 33.5 Å². The van der Waals surface area contributed by atoms with Crippen molar-refractivity contribution in [2.45, 2.75) is 97.4 Å². The monoisotopic (exact) mass is 736 g/mol. The second kappa shape index (κ2) is 14.7. The summed E-state index contributed by atoms with van der Waals surface area (Å²) in [6, 6.07) is 10.0. The Balaban J connectivity index is 0.000000264. The largest absolute Gasteiger partial charge is 0.618 e. The number of carbonyl (C=O) groups is 2. The number of likely N-dealkylation sites (tertiary alicyclic amines) is 2. The molecule has 3 heterocycles. The quantitative estimate of drug-likeness (QED) is 0.140. The van der Waals surface area contributed by atoms with Gasteiger partial charge in [-0.25, -0.2) is 0 Å². The summed E-state index contributed by atoms with van der Waals surface area (Å²) in [5, 5.41) is 25.8. The second-order valence-electron chi connectivity index (χ2n) is 15.7. The SMILES string of the molecule is CCO/N=C(/c1ccc(Br)cc1)C1CCN(C2(C)CCN(C(=O)c3c(C)cc[n+]([O-])c3C)CC2)CC1.O=C(O)C12CC3CC(CC(C3)C1)C2. The predicted molar refractivity (Wildman–Crippen MR) is 193 cm³/mol. The number of oxime groups is 1. The molecule has 1 aromatic heterocycles. The smallest absolute Gasteiger partial charge is 0.309 e. The van der Waals surface area contributed by atoms with E-state index in [2.05, 4.69) is 57.2 Å². The summed E-state index contributed by atoms with van der Waals surface area (Å²) in [6.45, 7) is 11.9. The highest BCUT2D eigenvalue weighted by Crippen LogP contribution is 2.60. The van der Waals surface area contributed by atoms with Crippen molar-refractivity contribution in [2.75, 3.05) is 32.8 Å². The first-order chi connectivity index (χ1) is 23.4. The molecule has 4 bridgehead atoms. The number of pyridine rings is 1. The maximum Gasteiger partial charge on any atom is 0.309 e. The van der Waals surface area contributed by atoms with Gasteiger partial charge >= 0.3 is 5.97 Å². The van der Waals surface area contributed by atoms with Crippen LogP contribution in [-0.2, 0) is 9.63 Å². The predicted octanol–water partition coefficient (Wildman–Crippen LogP) is 7.13. The van der Waals surface area contributed by atoms with Crippen molar-refractivity contribution in [3.8, 4) is 0 Å². The number of halogens is 1. The van der Waals surface area contributed by atoms with E-state index >= 15 is 0 Å². The molecule has 1 N–H and O–H groups in total. The van der Waals surface area contributed by atoms with E-state index in [0.29, 0.717) is 36.9 Å². The average Bonchev–Trinajstić information content (AvgIpc) is 3.08. The molecule has 49 heavy (non-hydrogen) atoms. The van der Waals surface area contributed by atoms with Crippen molar-refractivity contribution in [1.29, 1.82) is 0 Å². The third-order valence-corrected chi connectivity index (χ3v) is 13.0. The molecule has 2 aromatic rings. The van der Waals surface area contributed by atoms with Gasteiger partial charge in [-0.3, -0.25) is 14.5 Å². The number of aliphatic carboxylic acids is 1. The van der Waals surface area contributed by atoms with Crippen molar-refractivity contribution in [2.24, 2.45) is 34.2 Å². The molecule has 6 aliphatic rings. The van der Waals surface area contributed by atoms with Crippen LogP contribution in [0.15, 0.2) is 46.2 Å². The lowest BCUT2D eigenvalue weighted by Crippen LogP contribution is -2.57. The normalized spacial score (nSPS) is 28.1. The number of carboxylic acids is 1. The number of nitrogens with zero attached hydrogens (tertiary/aromatic N) is 4. The van der Waals surface area contributed by atoms with Gasteiger partial charge < -0.3 is 20.1 Å². The molecule has 1 aromatic carbocycles. The Morgan fingerprint density at radius 1 is 0.980 bits per heavy atom. The highest BCUT2D eigenvalue weighted by Gasteiger charge is 2.54. The molecule has 8 rings (SSSR count). The maximum absolute atomic E-state index is 13.3. The standard InChI is InChI=1S/C28H37BrN4O3.C11H16O2/c1-5-36-30-26(22-6-8-24(29)9-7-22)23-11-15-32(16-12-23)28(4)13-18-31(19-14-28)27(34)25-20(2)10-17-33(35)21(25)3;12-10(13)11-4-7-1-8(5-11)3-9(2-7)6-11/h6-10,17,23H,5,11-16,18-19H2,1-4H3;7-9H,1-6H2,(H,12,13)/b30-26-;. The fourth-order valence-corrected chi connectivity index (χ4v) is 10.2. The topological polar surface area (TPSA) is 109 Å². The van der Waals surface area contributed by atoms with Crippen molar-refractivity contribution < 1.29 is 24.3 Å². The van der Waals surface area contributed by atoms with E-state index in [0.717, 1.165) is 102 Å². The van der Waals surface area contributed by atoms with Gasteiger partial charge in [-0.2, -0.15) is 4.73 Å². The Labute approximate surface area is 299 Å². The molecule has 10 heteroatoms. The highest BCUT2D eigenvalue weighted by molar-refractivity contribution is 9.10. The summed E-state index contributed by atoms with van der Waals surface area (Å²) in [6.07, 6.45) is 12.3. The maximum atomic E-state index is 13.3. The number of hydrogen-bond donors (Lipinski definition) is 1. The molecule has 0 atom stereocenters. The Morgan fingerprint density at radius 3 is 2.08 bits per heavy atom. The molecule has 9 nitrogen and oxygen atoms in total. The first-order valence-electron chi connectivity index (χ1n) is 18.3. The molecular formula is C39H53BrN4O5. The van der Waals surface area contributed by atoms with Gasteiger partial charge in [0.15, 0.2) is 6.20 Å². The van der Waals surface area contributed by atoms with Gasteiger partial charge in [0.25, 0.3) is 5.91 Å². The first kappa shape index (κ1) is 35.8. The summed E-state index contributed by atoms with van der Waals surface area (Å²) in [7, 11) is 0. The molecule has 6 fully saturated rings. The van der Waals surface area contributed by atoms with Crippen LogP contribution >= 0.6 is 15.9 Å². The lowest BCUT2D eigenvalue weighted by Gasteiger charge is -2.54. The molecule has 1 amide bonds. The Morgan fingerprint density at radius 2 is 1.55 bits per heavy atom. The Kier molecular flexibility index (Phi) is 10.8. The molecule has 0 unspecified atom stereocenters. The average molecular weight is 738 g/mol. The number of rotatable bonds is 7. The van der Waals surface area contributed by atoms with Crippen molar-refractivity contribution in [3.63, 3.8) is 0 Å². The van der Waals surface area contributed by atoms with Gasteiger partial charge in [0.1, 0.15) is 12.2 Å². The van der Waals surface area contributed by atoms with E-state index in [9.17, 15) is 19.9 Å². The highest BCUT2D eigenvalue weighted by atomic mass is 79.9. The van der Waals surface area contributed by atoms with E-state index in [1.807, 2.05) is 18.7 Å². The molecule has 2 aliphatic heterocycles. The minimum Gasteiger partial charge on any atom is -0.618 e. The van der Waals surface area contributed by atoms with Crippen LogP contribution in [0.5, 0.6) is 0 Å². The number of aryl methyl sites for hydroxylation is 1. The van der Waals surface area contributed by atoms with Crippen LogP contribution in [0.2, 0.25) is 0 Å².